The molecule has 9 nitrogen and oxygen atoms in total. The Bertz CT molecular complexity index is 925. The van der Waals surface area contributed by atoms with Gasteiger partial charge in [0.15, 0.2) is 5.13 Å². The minimum atomic E-state index is -1.07. The second-order valence-electron chi connectivity index (χ2n) is 5.35. The first-order valence-corrected chi connectivity index (χ1v) is 8.33. The van der Waals surface area contributed by atoms with E-state index in [0.717, 1.165) is 17.0 Å². The number of carboxylic acids is 1. The monoisotopic (exact) mass is 360 g/mol. The smallest absolute Gasteiger partial charge is 0.354 e. The summed E-state index contributed by atoms with van der Waals surface area (Å²) < 4.78 is 3.05. The molecule has 25 heavy (non-hydrogen) atoms. The number of carbonyl (C=O) groups excluding carboxylic acids is 1. The molecule has 0 radical (unpaired) electrons. The number of hydrogen-bond donors (Lipinski definition) is 2. The maximum atomic E-state index is 12.1. The second kappa shape index (κ2) is 6.85. The predicted octanol–water partition coefficient (Wildman–Crippen LogP) is 1.78. The van der Waals surface area contributed by atoms with Gasteiger partial charge in [-0.15, -0.1) is 11.3 Å². The van der Waals surface area contributed by atoms with E-state index in [4.69, 9.17) is 5.11 Å². The van der Waals surface area contributed by atoms with E-state index in [2.05, 4.69) is 20.5 Å². The Hall–Kier alpha value is -3.01. The third-order valence-electron chi connectivity index (χ3n) is 3.75. The van der Waals surface area contributed by atoms with Crippen molar-refractivity contribution in [3.05, 3.63) is 35.2 Å². The highest BCUT2D eigenvalue weighted by atomic mass is 32.1. The molecule has 0 aliphatic carbocycles. The molecule has 0 aliphatic heterocycles. The molecule has 3 heterocycles. The number of carbonyl (C=O) groups is 2. The van der Waals surface area contributed by atoms with Crippen LogP contribution < -0.4 is 5.32 Å². The Morgan fingerprint density at radius 1 is 1.36 bits per heavy atom. The van der Waals surface area contributed by atoms with Crippen molar-refractivity contribution in [3.63, 3.8) is 0 Å². The van der Waals surface area contributed by atoms with Gasteiger partial charge in [0.1, 0.15) is 5.69 Å². The number of anilines is 1. The largest absolute Gasteiger partial charge is 0.477 e. The van der Waals surface area contributed by atoms with Gasteiger partial charge in [0, 0.05) is 36.3 Å². The summed E-state index contributed by atoms with van der Waals surface area (Å²) in [7, 11) is 1.86. The first-order chi connectivity index (χ1) is 12.0. The van der Waals surface area contributed by atoms with E-state index in [-0.39, 0.29) is 24.6 Å². The van der Waals surface area contributed by atoms with E-state index in [1.54, 1.807) is 10.9 Å². The van der Waals surface area contributed by atoms with Crippen molar-refractivity contribution in [2.24, 2.45) is 7.05 Å². The molecular weight excluding hydrogens is 344 g/mol. The van der Waals surface area contributed by atoms with Crippen LogP contribution in [0, 0.1) is 6.92 Å². The van der Waals surface area contributed by atoms with Gasteiger partial charge in [-0.3, -0.25) is 14.2 Å². The lowest BCUT2D eigenvalue weighted by molar-refractivity contribution is -0.116. The zero-order valence-electron chi connectivity index (χ0n) is 13.6. The molecular formula is C15H16N6O3S. The number of thiazole rings is 1. The van der Waals surface area contributed by atoms with Gasteiger partial charge in [-0.1, -0.05) is 0 Å². The Morgan fingerprint density at radius 3 is 2.84 bits per heavy atom. The number of nitrogens with zero attached hydrogens (tertiary/aromatic N) is 5. The maximum absolute atomic E-state index is 12.1. The van der Waals surface area contributed by atoms with Gasteiger partial charge in [-0.05, 0) is 13.0 Å². The topological polar surface area (TPSA) is 115 Å². The number of aromatic nitrogens is 5. The van der Waals surface area contributed by atoms with Crippen LogP contribution in [-0.2, 0) is 18.4 Å². The SMILES string of the molecule is Cc1c(-c2csc(NC(=O)CCn3nccc3C(=O)O)n2)cnn1C. The number of aryl methyl sites for hydroxylation is 2. The van der Waals surface area contributed by atoms with Gasteiger partial charge in [-0.25, -0.2) is 9.78 Å². The molecule has 0 bridgehead atoms. The summed E-state index contributed by atoms with van der Waals surface area (Å²) >= 11 is 1.33. The molecule has 3 aromatic heterocycles. The first kappa shape index (κ1) is 16.8. The molecule has 10 heteroatoms. The lowest BCUT2D eigenvalue weighted by Gasteiger charge is -2.04. The van der Waals surface area contributed by atoms with Gasteiger partial charge in [0.25, 0.3) is 0 Å². The van der Waals surface area contributed by atoms with E-state index >= 15 is 0 Å². The van der Waals surface area contributed by atoms with Crippen LogP contribution in [0.5, 0.6) is 0 Å². The summed E-state index contributed by atoms with van der Waals surface area (Å²) in [6, 6.07) is 1.39. The quantitative estimate of drug-likeness (QED) is 0.692. The van der Waals surface area contributed by atoms with Crippen LogP contribution in [0.15, 0.2) is 23.8 Å². The van der Waals surface area contributed by atoms with Gasteiger partial charge >= 0.3 is 5.97 Å². The molecule has 1 amide bonds. The number of aromatic carboxylic acids is 1. The van der Waals surface area contributed by atoms with Crippen LogP contribution in [-0.4, -0.2) is 41.5 Å². The molecule has 0 aromatic carbocycles. The fraction of sp³-hybridized carbons (Fsp3) is 0.267. The van der Waals surface area contributed by atoms with Crippen molar-refractivity contribution in [2.75, 3.05) is 5.32 Å². The van der Waals surface area contributed by atoms with Crippen LogP contribution in [0.4, 0.5) is 5.13 Å². The zero-order chi connectivity index (χ0) is 18.0. The van der Waals surface area contributed by atoms with Crippen LogP contribution in [0.25, 0.3) is 11.3 Å². The summed E-state index contributed by atoms with van der Waals surface area (Å²) in [5.41, 5.74) is 2.72. The van der Waals surface area contributed by atoms with Crippen LogP contribution in [0.3, 0.4) is 0 Å². The number of rotatable bonds is 6. The Labute approximate surface area is 146 Å². The summed E-state index contributed by atoms with van der Waals surface area (Å²) in [6.07, 6.45) is 3.23. The van der Waals surface area contributed by atoms with E-state index in [1.165, 1.54) is 28.3 Å². The summed E-state index contributed by atoms with van der Waals surface area (Å²) in [6.45, 7) is 2.13. The van der Waals surface area contributed by atoms with Gasteiger partial charge in [0.05, 0.1) is 18.4 Å². The van der Waals surface area contributed by atoms with Crippen molar-refractivity contribution in [2.45, 2.75) is 19.9 Å². The molecule has 0 spiro atoms. The van der Waals surface area contributed by atoms with Crippen molar-refractivity contribution in [1.29, 1.82) is 0 Å². The van der Waals surface area contributed by atoms with Crippen molar-refractivity contribution < 1.29 is 14.7 Å². The maximum Gasteiger partial charge on any atom is 0.354 e. The highest BCUT2D eigenvalue weighted by Crippen LogP contribution is 2.26. The summed E-state index contributed by atoms with van der Waals surface area (Å²) in [5.74, 6) is -1.33. The number of nitrogens with one attached hydrogen (secondary N) is 1. The van der Waals surface area contributed by atoms with Crippen LogP contribution >= 0.6 is 11.3 Å². The molecule has 0 aliphatic rings. The van der Waals surface area contributed by atoms with Crippen molar-refractivity contribution in [1.82, 2.24) is 24.5 Å². The fourth-order valence-corrected chi connectivity index (χ4v) is 3.01. The van der Waals surface area contributed by atoms with Gasteiger partial charge < -0.3 is 10.4 Å². The average molecular weight is 360 g/mol. The van der Waals surface area contributed by atoms with E-state index in [0.29, 0.717) is 5.13 Å². The molecule has 3 aromatic rings. The number of carboxylic acid groups (broad SMARTS) is 1. The van der Waals surface area contributed by atoms with Crippen LogP contribution in [0.1, 0.15) is 22.6 Å². The Kier molecular flexibility index (Phi) is 4.61. The number of amides is 1. The molecule has 0 saturated carbocycles. The third kappa shape index (κ3) is 3.58. The molecule has 2 N–H and O–H groups in total. The molecule has 3 rings (SSSR count). The minimum absolute atomic E-state index is 0.0522. The standard InChI is InChI=1S/C15H16N6O3S/c1-9-10(7-17-20(9)2)11-8-25-15(18-11)19-13(22)4-6-21-12(14(23)24)3-5-16-21/h3,5,7-8H,4,6H2,1-2H3,(H,23,24)(H,18,19,22). The molecule has 0 saturated heterocycles. The molecule has 130 valence electrons. The highest BCUT2D eigenvalue weighted by Gasteiger charge is 2.14. The highest BCUT2D eigenvalue weighted by molar-refractivity contribution is 7.14. The lowest BCUT2D eigenvalue weighted by atomic mass is 10.2. The first-order valence-electron chi connectivity index (χ1n) is 7.45. The van der Waals surface area contributed by atoms with E-state index in [1.807, 2.05) is 19.4 Å². The van der Waals surface area contributed by atoms with Crippen LogP contribution in [0.2, 0.25) is 0 Å². The second-order valence-corrected chi connectivity index (χ2v) is 6.21. The molecule has 0 fully saturated rings. The minimum Gasteiger partial charge on any atom is -0.477 e. The van der Waals surface area contributed by atoms with E-state index in [9.17, 15) is 9.59 Å². The van der Waals surface area contributed by atoms with Gasteiger partial charge in [-0.2, -0.15) is 10.2 Å². The average Bonchev–Trinajstić information content (AvgIpc) is 3.27. The van der Waals surface area contributed by atoms with Gasteiger partial charge in [0.2, 0.25) is 5.91 Å². The lowest BCUT2D eigenvalue weighted by Crippen LogP contribution is -2.17. The predicted molar refractivity (Wildman–Crippen MR) is 91.5 cm³/mol. The number of hydrogen-bond acceptors (Lipinski definition) is 6. The molecule has 0 atom stereocenters. The van der Waals surface area contributed by atoms with Crippen molar-refractivity contribution >= 4 is 28.3 Å². The zero-order valence-corrected chi connectivity index (χ0v) is 14.4. The summed E-state index contributed by atoms with van der Waals surface area (Å²) in [4.78, 5) is 27.5. The third-order valence-corrected chi connectivity index (χ3v) is 4.51. The molecule has 0 unspecified atom stereocenters. The van der Waals surface area contributed by atoms with E-state index < -0.39 is 5.97 Å². The fourth-order valence-electron chi connectivity index (χ4n) is 2.29. The normalized spacial score (nSPS) is 10.8. The Morgan fingerprint density at radius 2 is 2.16 bits per heavy atom. The summed E-state index contributed by atoms with van der Waals surface area (Å²) in [5, 5.41) is 22.2. The van der Waals surface area contributed by atoms with Crippen molar-refractivity contribution in [3.8, 4) is 11.3 Å². The Balaban J connectivity index is 1.61.